The number of aromatic nitrogens is 2. The van der Waals surface area contributed by atoms with Gasteiger partial charge in [-0.1, -0.05) is 53.7 Å². The summed E-state index contributed by atoms with van der Waals surface area (Å²) >= 11 is 0. The third-order valence-electron chi connectivity index (χ3n) is 4.88. The number of anilines is 2. The van der Waals surface area contributed by atoms with Crippen LogP contribution in [0.3, 0.4) is 0 Å². The molecule has 1 aliphatic rings. The second-order valence-electron chi connectivity index (χ2n) is 6.73. The van der Waals surface area contributed by atoms with Crippen molar-refractivity contribution in [1.29, 1.82) is 0 Å². The number of hydrogen-bond donors (Lipinski definition) is 1. The average molecular weight is 363 g/mol. The van der Waals surface area contributed by atoms with Crippen molar-refractivity contribution < 1.29 is 4.52 Å². The minimum Gasteiger partial charge on any atom is -0.369 e. The smallest absolute Gasteiger partial charge is 0.321 e. The van der Waals surface area contributed by atoms with Crippen LogP contribution in [0.1, 0.15) is 6.42 Å². The highest BCUT2D eigenvalue weighted by Gasteiger charge is 2.16. The standard InChI is InChI=1S/C21H25N5O/c1-3-8-18(9-4-1)20-23-21(27-24-20)22-12-7-13-25-14-16-26(17-15-25)19-10-5-2-6-11-19/h1-6,8-11H,7,12-17H2,(H,22,23,24). The molecule has 0 aliphatic carbocycles. The van der Waals surface area contributed by atoms with Gasteiger partial charge in [0, 0.05) is 44.0 Å². The summed E-state index contributed by atoms with van der Waals surface area (Å²) in [5, 5.41) is 7.26. The quantitative estimate of drug-likeness (QED) is 0.650. The molecule has 0 unspecified atom stereocenters. The fraction of sp³-hybridized carbons (Fsp3) is 0.333. The van der Waals surface area contributed by atoms with Crippen molar-refractivity contribution in [2.75, 3.05) is 49.5 Å². The van der Waals surface area contributed by atoms with Crippen LogP contribution in [0, 0.1) is 0 Å². The first-order chi connectivity index (χ1) is 13.4. The van der Waals surface area contributed by atoms with Gasteiger partial charge in [-0.05, 0) is 25.1 Å². The van der Waals surface area contributed by atoms with Crippen LogP contribution in [0.15, 0.2) is 65.2 Å². The van der Waals surface area contributed by atoms with E-state index in [1.165, 1.54) is 5.69 Å². The van der Waals surface area contributed by atoms with E-state index in [4.69, 9.17) is 4.52 Å². The van der Waals surface area contributed by atoms with Crippen molar-refractivity contribution >= 4 is 11.7 Å². The Morgan fingerprint density at radius 1 is 0.889 bits per heavy atom. The van der Waals surface area contributed by atoms with Gasteiger partial charge in [0.05, 0.1) is 0 Å². The van der Waals surface area contributed by atoms with Gasteiger partial charge in [-0.2, -0.15) is 4.98 Å². The molecule has 2 aromatic carbocycles. The van der Waals surface area contributed by atoms with E-state index in [1.54, 1.807) is 0 Å². The van der Waals surface area contributed by atoms with Crippen molar-refractivity contribution in [2.45, 2.75) is 6.42 Å². The number of hydrogen-bond acceptors (Lipinski definition) is 6. The molecule has 1 N–H and O–H groups in total. The summed E-state index contributed by atoms with van der Waals surface area (Å²) in [4.78, 5) is 9.37. The van der Waals surface area contributed by atoms with Gasteiger partial charge >= 0.3 is 6.01 Å². The van der Waals surface area contributed by atoms with E-state index in [9.17, 15) is 0 Å². The van der Waals surface area contributed by atoms with E-state index in [0.29, 0.717) is 11.8 Å². The average Bonchev–Trinajstić information content (AvgIpc) is 3.22. The fourth-order valence-corrected chi connectivity index (χ4v) is 3.37. The maximum absolute atomic E-state index is 5.28. The zero-order valence-corrected chi connectivity index (χ0v) is 15.4. The summed E-state index contributed by atoms with van der Waals surface area (Å²) in [7, 11) is 0. The summed E-state index contributed by atoms with van der Waals surface area (Å²) < 4.78 is 5.28. The summed E-state index contributed by atoms with van der Waals surface area (Å²) in [6.45, 7) is 6.29. The van der Waals surface area contributed by atoms with E-state index < -0.39 is 0 Å². The Bertz CT molecular complexity index is 813. The van der Waals surface area contributed by atoms with Gasteiger partial charge in [-0.15, -0.1) is 0 Å². The van der Waals surface area contributed by atoms with Gasteiger partial charge in [0.2, 0.25) is 5.82 Å². The normalized spacial score (nSPS) is 15.0. The van der Waals surface area contributed by atoms with Crippen LogP contribution in [-0.4, -0.2) is 54.3 Å². The first kappa shape index (κ1) is 17.5. The first-order valence-corrected chi connectivity index (χ1v) is 9.54. The SMILES string of the molecule is c1ccc(-c2noc(NCCCN3CCN(c4ccccc4)CC3)n2)cc1. The predicted molar refractivity (Wildman–Crippen MR) is 108 cm³/mol. The third-order valence-corrected chi connectivity index (χ3v) is 4.88. The molecule has 1 fully saturated rings. The molecule has 0 radical (unpaired) electrons. The van der Waals surface area contributed by atoms with Gasteiger partial charge in [-0.3, -0.25) is 4.90 Å². The highest BCUT2D eigenvalue weighted by atomic mass is 16.5. The molecule has 1 saturated heterocycles. The molecule has 1 aromatic heterocycles. The zero-order valence-electron chi connectivity index (χ0n) is 15.4. The van der Waals surface area contributed by atoms with Crippen molar-refractivity contribution in [3.05, 3.63) is 60.7 Å². The second kappa shape index (κ2) is 8.68. The van der Waals surface area contributed by atoms with Crippen LogP contribution < -0.4 is 10.2 Å². The minimum atomic E-state index is 0.489. The molecular weight excluding hydrogens is 338 g/mol. The third kappa shape index (κ3) is 4.65. The molecule has 0 spiro atoms. The molecule has 0 bridgehead atoms. The number of benzene rings is 2. The minimum absolute atomic E-state index is 0.489. The number of rotatable bonds is 7. The molecule has 0 atom stereocenters. The molecule has 6 heteroatoms. The molecule has 27 heavy (non-hydrogen) atoms. The molecule has 2 heterocycles. The summed E-state index contributed by atoms with van der Waals surface area (Å²) in [6.07, 6.45) is 1.05. The summed E-state index contributed by atoms with van der Waals surface area (Å²) in [5.41, 5.74) is 2.29. The van der Waals surface area contributed by atoms with Crippen molar-refractivity contribution in [2.24, 2.45) is 0 Å². The monoisotopic (exact) mass is 363 g/mol. The highest BCUT2D eigenvalue weighted by Crippen LogP contribution is 2.17. The number of piperazine rings is 1. The van der Waals surface area contributed by atoms with E-state index in [1.807, 2.05) is 30.3 Å². The van der Waals surface area contributed by atoms with Gasteiger partial charge in [0.15, 0.2) is 0 Å². The van der Waals surface area contributed by atoms with Crippen LogP contribution in [0.25, 0.3) is 11.4 Å². The lowest BCUT2D eigenvalue weighted by Gasteiger charge is -2.36. The number of nitrogens with one attached hydrogen (secondary N) is 1. The molecule has 1 aliphatic heterocycles. The Balaban J connectivity index is 1.17. The molecule has 6 nitrogen and oxygen atoms in total. The van der Waals surface area contributed by atoms with Crippen LogP contribution in [-0.2, 0) is 0 Å². The van der Waals surface area contributed by atoms with Gasteiger partial charge in [-0.25, -0.2) is 0 Å². The number of para-hydroxylation sites is 1. The second-order valence-corrected chi connectivity index (χ2v) is 6.73. The highest BCUT2D eigenvalue weighted by molar-refractivity contribution is 5.54. The molecule has 4 rings (SSSR count). The van der Waals surface area contributed by atoms with Crippen molar-refractivity contribution in [3.63, 3.8) is 0 Å². The Hall–Kier alpha value is -2.86. The molecule has 140 valence electrons. The van der Waals surface area contributed by atoms with Crippen LogP contribution in [0.2, 0.25) is 0 Å². The lowest BCUT2D eigenvalue weighted by molar-refractivity contribution is 0.257. The van der Waals surface area contributed by atoms with E-state index in [0.717, 1.165) is 51.3 Å². The Labute approximate surface area is 159 Å². The largest absolute Gasteiger partial charge is 0.369 e. The Morgan fingerprint density at radius 3 is 2.33 bits per heavy atom. The zero-order chi connectivity index (χ0) is 18.3. The maximum atomic E-state index is 5.28. The fourth-order valence-electron chi connectivity index (χ4n) is 3.37. The van der Waals surface area contributed by atoms with Crippen molar-refractivity contribution in [3.8, 4) is 11.4 Å². The first-order valence-electron chi connectivity index (χ1n) is 9.54. The van der Waals surface area contributed by atoms with Crippen LogP contribution in [0.5, 0.6) is 0 Å². The maximum Gasteiger partial charge on any atom is 0.321 e. The van der Waals surface area contributed by atoms with Crippen molar-refractivity contribution in [1.82, 2.24) is 15.0 Å². The summed E-state index contributed by atoms with van der Waals surface area (Å²) in [6, 6.07) is 21.0. The Morgan fingerprint density at radius 2 is 1.59 bits per heavy atom. The van der Waals surface area contributed by atoms with E-state index in [2.05, 4.69) is 55.6 Å². The van der Waals surface area contributed by atoms with Gasteiger partial charge in [0.25, 0.3) is 0 Å². The lowest BCUT2D eigenvalue weighted by atomic mass is 10.2. The molecule has 0 amide bonds. The van der Waals surface area contributed by atoms with E-state index in [-0.39, 0.29) is 0 Å². The van der Waals surface area contributed by atoms with Gasteiger partial charge in [0.1, 0.15) is 0 Å². The van der Waals surface area contributed by atoms with Crippen LogP contribution >= 0.6 is 0 Å². The van der Waals surface area contributed by atoms with Gasteiger partial charge < -0.3 is 14.7 Å². The topological polar surface area (TPSA) is 57.4 Å². The predicted octanol–water partition coefficient (Wildman–Crippen LogP) is 3.36. The lowest BCUT2D eigenvalue weighted by Crippen LogP contribution is -2.46. The molecule has 0 saturated carbocycles. The Kier molecular flexibility index (Phi) is 5.64. The van der Waals surface area contributed by atoms with Crippen LogP contribution in [0.4, 0.5) is 11.7 Å². The molecular formula is C21H25N5O. The summed E-state index contributed by atoms with van der Waals surface area (Å²) in [5.74, 6) is 0.620. The number of nitrogens with zero attached hydrogens (tertiary/aromatic N) is 4. The molecule has 3 aromatic rings. The van der Waals surface area contributed by atoms with E-state index >= 15 is 0 Å².